The molecule has 0 fully saturated rings. The number of nitrogens with one attached hydrogen (secondary N) is 1. The number of aromatic nitrogens is 2. The molecule has 0 amide bonds. The van der Waals surface area contributed by atoms with Gasteiger partial charge in [-0.2, -0.15) is 4.98 Å². The van der Waals surface area contributed by atoms with E-state index in [4.69, 9.17) is 0 Å². The zero-order valence-electron chi connectivity index (χ0n) is 10.9. The topological polar surface area (TPSA) is 105 Å². The van der Waals surface area contributed by atoms with Gasteiger partial charge in [0.2, 0.25) is 16.4 Å². The monoisotopic (exact) mass is 297 g/mol. The van der Waals surface area contributed by atoms with Crippen LogP contribution in [-0.4, -0.2) is 30.2 Å². The number of sulfonamides is 1. The van der Waals surface area contributed by atoms with Crippen molar-refractivity contribution in [2.75, 3.05) is 6.54 Å². The molecule has 7 nitrogen and oxygen atoms in total. The first-order valence-corrected chi connectivity index (χ1v) is 7.50. The van der Waals surface area contributed by atoms with E-state index < -0.39 is 16.1 Å². The summed E-state index contributed by atoms with van der Waals surface area (Å²) in [7, 11) is -3.62. The second-order valence-corrected chi connectivity index (χ2v) is 6.01. The van der Waals surface area contributed by atoms with E-state index in [1.54, 1.807) is 19.1 Å². The minimum Gasteiger partial charge on any atom is -0.389 e. The average Bonchev–Trinajstić information content (AvgIpc) is 2.92. The molecule has 0 aliphatic carbocycles. The van der Waals surface area contributed by atoms with E-state index in [2.05, 4.69) is 19.4 Å². The molecule has 0 bridgehead atoms. The zero-order chi connectivity index (χ0) is 14.6. The largest absolute Gasteiger partial charge is 0.389 e. The highest BCUT2D eigenvalue weighted by Crippen LogP contribution is 2.16. The van der Waals surface area contributed by atoms with Crippen molar-refractivity contribution >= 4 is 10.0 Å². The van der Waals surface area contributed by atoms with Gasteiger partial charge in [-0.05, 0) is 24.6 Å². The summed E-state index contributed by atoms with van der Waals surface area (Å²) in [5, 5.41) is 13.1. The van der Waals surface area contributed by atoms with Crippen molar-refractivity contribution < 1.29 is 18.0 Å². The van der Waals surface area contributed by atoms with Gasteiger partial charge >= 0.3 is 0 Å². The minimum atomic E-state index is -3.62. The Balaban J connectivity index is 2.04. The Morgan fingerprint density at radius 1 is 1.45 bits per heavy atom. The third-order valence-corrected chi connectivity index (χ3v) is 4.16. The summed E-state index contributed by atoms with van der Waals surface area (Å²) < 4.78 is 31.2. The highest BCUT2D eigenvalue weighted by atomic mass is 32.2. The SMILES string of the molecule is CC(O)c1cccc(S(=O)(=O)NCCc2ncon2)c1. The molecule has 0 aliphatic rings. The van der Waals surface area contributed by atoms with E-state index in [0.717, 1.165) is 0 Å². The van der Waals surface area contributed by atoms with Gasteiger partial charge in [-0.1, -0.05) is 17.3 Å². The molecule has 2 rings (SSSR count). The van der Waals surface area contributed by atoms with Crippen LogP contribution in [0.2, 0.25) is 0 Å². The second kappa shape index (κ2) is 6.12. The van der Waals surface area contributed by atoms with Crippen LogP contribution in [0.15, 0.2) is 40.1 Å². The first kappa shape index (κ1) is 14.6. The summed E-state index contributed by atoms with van der Waals surface area (Å²) in [5.74, 6) is 0.436. The quantitative estimate of drug-likeness (QED) is 0.810. The molecule has 1 unspecified atom stereocenters. The summed E-state index contributed by atoms with van der Waals surface area (Å²) in [6.07, 6.45) is 0.811. The predicted molar refractivity (Wildman–Crippen MR) is 70.3 cm³/mol. The van der Waals surface area contributed by atoms with Crippen LogP contribution in [-0.2, 0) is 16.4 Å². The van der Waals surface area contributed by atoms with Crippen molar-refractivity contribution in [2.45, 2.75) is 24.3 Å². The van der Waals surface area contributed by atoms with Gasteiger partial charge in [-0.15, -0.1) is 0 Å². The number of rotatable bonds is 6. The molecule has 0 radical (unpaired) electrons. The van der Waals surface area contributed by atoms with E-state index >= 15 is 0 Å². The van der Waals surface area contributed by atoms with E-state index in [1.807, 2.05) is 0 Å². The summed E-state index contributed by atoms with van der Waals surface area (Å²) in [5.41, 5.74) is 0.547. The molecular formula is C12H15N3O4S. The fraction of sp³-hybridized carbons (Fsp3) is 0.333. The van der Waals surface area contributed by atoms with Gasteiger partial charge in [0.25, 0.3) is 0 Å². The molecule has 2 aromatic rings. The number of hydrogen-bond donors (Lipinski definition) is 2. The Bertz CT molecular complexity index is 653. The van der Waals surface area contributed by atoms with E-state index in [-0.39, 0.29) is 11.4 Å². The van der Waals surface area contributed by atoms with Crippen LogP contribution in [0.5, 0.6) is 0 Å². The fourth-order valence-corrected chi connectivity index (χ4v) is 2.71. The molecule has 108 valence electrons. The minimum absolute atomic E-state index is 0.115. The maximum Gasteiger partial charge on any atom is 0.240 e. The molecule has 0 aliphatic heterocycles. The molecule has 1 aromatic carbocycles. The van der Waals surface area contributed by atoms with Crippen molar-refractivity contribution in [1.29, 1.82) is 0 Å². The molecule has 1 atom stereocenters. The van der Waals surface area contributed by atoms with Gasteiger partial charge < -0.3 is 9.63 Å². The van der Waals surface area contributed by atoms with Crippen LogP contribution < -0.4 is 4.72 Å². The van der Waals surface area contributed by atoms with E-state index in [9.17, 15) is 13.5 Å². The molecule has 0 spiro atoms. The van der Waals surface area contributed by atoms with Crippen LogP contribution in [0.1, 0.15) is 24.4 Å². The summed E-state index contributed by atoms with van der Waals surface area (Å²) in [6, 6.07) is 6.18. The third kappa shape index (κ3) is 3.62. The van der Waals surface area contributed by atoms with Crippen molar-refractivity contribution in [1.82, 2.24) is 14.9 Å². The lowest BCUT2D eigenvalue weighted by Gasteiger charge is -2.09. The summed E-state index contributed by atoms with van der Waals surface area (Å²) in [4.78, 5) is 3.92. The smallest absolute Gasteiger partial charge is 0.240 e. The van der Waals surface area contributed by atoms with Crippen molar-refractivity contribution in [2.24, 2.45) is 0 Å². The highest BCUT2D eigenvalue weighted by Gasteiger charge is 2.15. The lowest BCUT2D eigenvalue weighted by molar-refractivity contribution is 0.199. The van der Waals surface area contributed by atoms with Gasteiger partial charge in [-0.25, -0.2) is 13.1 Å². The normalized spacial score (nSPS) is 13.3. The first-order chi connectivity index (χ1) is 9.49. The van der Waals surface area contributed by atoms with Crippen molar-refractivity contribution in [3.8, 4) is 0 Å². The maximum absolute atomic E-state index is 12.1. The second-order valence-electron chi connectivity index (χ2n) is 4.24. The Kier molecular flexibility index (Phi) is 4.48. The number of aliphatic hydroxyl groups is 1. The van der Waals surface area contributed by atoms with Gasteiger partial charge in [0.15, 0.2) is 5.82 Å². The average molecular weight is 297 g/mol. The van der Waals surface area contributed by atoms with Crippen molar-refractivity contribution in [3.05, 3.63) is 42.0 Å². The number of nitrogens with zero attached hydrogens (tertiary/aromatic N) is 2. The molecule has 0 saturated heterocycles. The fourth-order valence-electron chi connectivity index (χ4n) is 1.62. The van der Waals surface area contributed by atoms with Gasteiger partial charge in [-0.3, -0.25) is 0 Å². The van der Waals surface area contributed by atoms with Crippen LogP contribution in [0.4, 0.5) is 0 Å². The Morgan fingerprint density at radius 2 is 2.25 bits per heavy atom. The van der Waals surface area contributed by atoms with Gasteiger partial charge in [0, 0.05) is 13.0 Å². The third-order valence-electron chi connectivity index (χ3n) is 2.70. The molecule has 0 saturated carbocycles. The Labute approximate surface area is 116 Å². The lowest BCUT2D eigenvalue weighted by atomic mass is 10.1. The van der Waals surface area contributed by atoms with Crippen LogP contribution in [0, 0.1) is 0 Å². The molecular weight excluding hydrogens is 282 g/mol. The predicted octanol–water partition coefficient (Wildman–Crippen LogP) is 0.644. The molecule has 1 heterocycles. The number of aliphatic hydroxyl groups excluding tert-OH is 1. The van der Waals surface area contributed by atoms with Crippen LogP contribution in [0.3, 0.4) is 0 Å². The molecule has 1 aromatic heterocycles. The highest BCUT2D eigenvalue weighted by molar-refractivity contribution is 7.89. The molecule has 2 N–H and O–H groups in total. The van der Waals surface area contributed by atoms with Crippen molar-refractivity contribution in [3.63, 3.8) is 0 Å². The Morgan fingerprint density at radius 3 is 2.90 bits per heavy atom. The zero-order valence-corrected chi connectivity index (χ0v) is 11.7. The number of benzene rings is 1. The summed E-state index contributed by atoms with van der Waals surface area (Å²) >= 11 is 0. The van der Waals surface area contributed by atoms with Gasteiger partial charge in [0.1, 0.15) is 0 Å². The van der Waals surface area contributed by atoms with E-state index in [0.29, 0.717) is 17.8 Å². The summed E-state index contributed by atoms with van der Waals surface area (Å²) in [6.45, 7) is 1.75. The molecule has 8 heteroatoms. The molecule has 20 heavy (non-hydrogen) atoms. The maximum atomic E-state index is 12.1. The van der Waals surface area contributed by atoms with Crippen LogP contribution >= 0.6 is 0 Å². The van der Waals surface area contributed by atoms with Crippen LogP contribution in [0.25, 0.3) is 0 Å². The lowest BCUT2D eigenvalue weighted by Crippen LogP contribution is -2.26. The van der Waals surface area contributed by atoms with Gasteiger partial charge in [0.05, 0.1) is 11.0 Å². The standard InChI is InChI=1S/C12H15N3O4S/c1-9(16)10-3-2-4-11(7-10)20(17,18)14-6-5-12-13-8-19-15-12/h2-4,7-9,14,16H,5-6H2,1H3. The van der Waals surface area contributed by atoms with E-state index in [1.165, 1.54) is 18.5 Å². The Hall–Kier alpha value is -1.77. The number of hydrogen-bond acceptors (Lipinski definition) is 6. The first-order valence-electron chi connectivity index (χ1n) is 6.02.